The first-order valence-electron chi connectivity index (χ1n) is 3.92. The van der Waals surface area contributed by atoms with Gasteiger partial charge in [0, 0.05) is 7.05 Å². The highest BCUT2D eigenvalue weighted by molar-refractivity contribution is 6.35. The summed E-state index contributed by atoms with van der Waals surface area (Å²) in [5.41, 5.74) is 0.288. The van der Waals surface area contributed by atoms with Crippen molar-refractivity contribution in [2.24, 2.45) is 7.05 Å². The molecule has 0 bridgehead atoms. The van der Waals surface area contributed by atoms with Gasteiger partial charge in [0.2, 0.25) is 5.28 Å². The molecule has 0 aliphatic heterocycles. The molecular weight excluding hydrogens is 223 g/mol. The molecule has 2 aromatic rings. The van der Waals surface area contributed by atoms with Crippen LogP contribution in [-0.2, 0) is 7.05 Å². The third-order valence-electron chi connectivity index (χ3n) is 2.00. The van der Waals surface area contributed by atoms with Crippen LogP contribution < -0.4 is 5.56 Å². The number of fused-ring (bicyclic) bond motifs is 1. The van der Waals surface area contributed by atoms with Gasteiger partial charge >= 0.3 is 0 Å². The van der Waals surface area contributed by atoms with Gasteiger partial charge in [0.1, 0.15) is 0 Å². The molecule has 0 saturated heterocycles. The summed E-state index contributed by atoms with van der Waals surface area (Å²) >= 11 is 11.6. The second-order valence-corrected chi connectivity index (χ2v) is 3.62. The average molecular weight is 229 g/mol. The van der Waals surface area contributed by atoms with Crippen LogP contribution in [0.3, 0.4) is 0 Å². The summed E-state index contributed by atoms with van der Waals surface area (Å²) in [5, 5.41) is 0.957. The lowest BCUT2D eigenvalue weighted by Crippen LogP contribution is -2.18. The lowest BCUT2D eigenvalue weighted by atomic mass is 10.2. The molecule has 0 spiro atoms. The van der Waals surface area contributed by atoms with Crippen molar-refractivity contribution in [3.05, 3.63) is 38.9 Å². The lowest BCUT2D eigenvalue weighted by molar-refractivity contribution is 0.844. The zero-order valence-corrected chi connectivity index (χ0v) is 8.80. The molecule has 0 amide bonds. The zero-order chi connectivity index (χ0) is 10.3. The summed E-state index contributed by atoms with van der Waals surface area (Å²) < 4.78 is 1.26. The van der Waals surface area contributed by atoms with Crippen molar-refractivity contribution < 1.29 is 0 Å². The topological polar surface area (TPSA) is 34.9 Å². The average Bonchev–Trinajstić information content (AvgIpc) is 2.14. The van der Waals surface area contributed by atoms with Crippen molar-refractivity contribution in [1.29, 1.82) is 0 Å². The summed E-state index contributed by atoms with van der Waals surface area (Å²) in [6.07, 6.45) is 0. The minimum atomic E-state index is -0.231. The van der Waals surface area contributed by atoms with Crippen LogP contribution in [0, 0.1) is 0 Å². The van der Waals surface area contributed by atoms with Gasteiger partial charge in [-0.1, -0.05) is 17.7 Å². The van der Waals surface area contributed by atoms with Gasteiger partial charge in [-0.2, -0.15) is 0 Å². The van der Waals surface area contributed by atoms with Crippen LogP contribution in [0.1, 0.15) is 0 Å². The Kier molecular flexibility index (Phi) is 2.21. The molecule has 0 aliphatic carbocycles. The highest BCUT2D eigenvalue weighted by Gasteiger charge is 2.08. The molecule has 5 heteroatoms. The lowest BCUT2D eigenvalue weighted by Gasteiger charge is -2.03. The Balaban J connectivity index is 3.07. The maximum atomic E-state index is 11.7. The van der Waals surface area contributed by atoms with Crippen molar-refractivity contribution in [3.8, 4) is 0 Å². The molecule has 0 aliphatic rings. The number of hydrogen-bond donors (Lipinski definition) is 0. The monoisotopic (exact) mass is 228 g/mol. The number of halogens is 2. The van der Waals surface area contributed by atoms with Crippen LogP contribution in [-0.4, -0.2) is 9.55 Å². The summed E-state index contributed by atoms with van der Waals surface area (Å²) in [7, 11) is 1.56. The molecule has 0 saturated carbocycles. The largest absolute Gasteiger partial charge is 0.286 e. The minimum Gasteiger partial charge on any atom is -0.286 e. The molecule has 2 rings (SSSR count). The van der Waals surface area contributed by atoms with E-state index in [2.05, 4.69) is 4.98 Å². The van der Waals surface area contributed by atoms with Crippen LogP contribution in [0.15, 0.2) is 23.0 Å². The standard InChI is InChI=1S/C9H6Cl2N2O/c1-13-8(14)7-5(10)3-2-4-6(7)12-9(13)11/h2-4H,1H3. The molecule has 0 N–H and O–H groups in total. The Hall–Kier alpha value is -1.06. The van der Waals surface area contributed by atoms with E-state index in [9.17, 15) is 4.79 Å². The van der Waals surface area contributed by atoms with E-state index in [1.807, 2.05) is 0 Å². The summed E-state index contributed by atoms with van der Waals surface area (Å²) in [6.45, 7) is 0. The molecule has 3 nitrogen and oxygen atoms in total. The van der Waals surface area contributed by atoms with Crippen molar-refractivity contribution >= 4 is 34.1 Å². The maximum absolute atomic E-state index is 11.7. The third-order valence-corrected chi connectivity index (χ3v) is 2.65. The first-order valence-corrected chi connectivity index (χ1v) is 4.67. The van der Waals surface area contributed by atoms with Gasteiger partial charge < -0.3 is 0 Å². The highest BCUT2D eigenvalue weighted by Crippen LogP contribution is 2.19. The molecule has 72 valence electrons. The van der Waals surface area contributed by atoms with E-state index in [4.69, 9.17) is 23.2 Å². The van der Waals surface area contributed by atoms with Crippen molar-refractivity contribution in [3.63, 3.8) is 0 Å². The fraction of sp³-hybridized carbons (Fsp3) is 0.111. The fourth-order valence-electron chi connectivity index (χ4n) is 1.24. The zero-order valence-electron chi connectivity index (χ0n) is 7.29. The quantitative estimate of drug-likeness (QED) is 0.649. The summed E-state index contributed by atoms with van der Waals surface area (Å²) in [5.74, 6) is 0. The van der Waals surface area contributed by atoms with Gasteiger partial charge in [0.05, 0.1) is 15.9 Å². The number of rotatable bonds is 0. The molecule has 1 aromatic carbocycles. The smallest absolute Gasteiger partial charge is 0.263 e. The molecular formula is C9H6Cl2N2O. The number of nitrogens with zero attached hydrogens (tertiary/aromatic N) is 2. The molecule has 0 fully saturated rings. The van der Waals surface area contributed by atoms with Crippen molar-refractivity contribution in [1.82, 2.24) is 9.55 Å². The van der Waals surface area contributed by atoms with Gasteiger partial charge in [-0.3, -0.25) is 9.36 Å². The van der Waals surface area contributed by atoms with Crippen LogP contribution >= 0.6 is 23.2 Å². The second kappa shape index (κ2) is 3.26. The van der Waals surface area contributed by atoms with E-state index in [0.717, 1.165) is 0 Å². The Morgan fingerprint density at radius 2 is 2.07 bits per heavy atom. The molecule has 0 atom stereocenters. The van der Waals surface area contributed by atoms with Gasteiger partial charge in [-0.05, 0) is 23.7 Å². The van der Waals surface area contributed by atoms with Gasteiger partial charge in [-0.25, -0.2) is 4.98 Å². The van der Waals surface area contributed by atoms with Crippen LogP contribution in [0.5, 0.6) is 0 Å². The Labute approximate surface area is 89.9 Å². The third kappa shape index (κ3) is 1.29. The molecule has 14 heavy (non-hydrogen) atoms. The first-order chi connectivity index (χ1) is 6.61. The Morgan fingerprint density at radius 3 is 2.79 bits per heavy atom. The maximum Gasteiger partial charge on any atom is 0.263 e. The normalized spacial score (nSPS) is 10.8. The van der Waals surface area contributed by atoms with E-state index in [1.165, 1.54) is 4.57 Å². The second-order valence-electron chi connectivity index (χ2n) is 2.88. The van der Waals surface area contributed by atoms with Crippen LogP contribution in [0.2, 0.25) is 10.3 Å². The van der Waals surface area contributed by atoms with E-state index < -0.39 is 0 Å². The molecule has 1 heterocycles. The predicted octanol–water partition coefficient (Wildman–Crippen LogP) is 2.24. The van der Waals surface area contributed by atoms with Gasteiger partial charge in [-0.15, -0.1) is 0 Å². The van der Waals surface area contributed by atoms with E-state index in [-0.39, 0.29) is 10.8 Å². The summed E-state index contributed by atoms with van der Waals surface area (Å²) in [6, 6.07) is 5.09. The van der Waals surface area contributed by atoms with Crippen LogP contribution in [0.25, 0.3) is 10.9 Å². The highest BCUT2D eigenvalue weighted by atomic mass is 35.5. The van der Waals surface area contributed by atoms with E-state index in [0.29, 0.717) is 15.9 Å². The van der Waals surface area contributed by atoms with E-state index in [1.54, 1.807) is 25.2 Å². The number of aromatic nitrogens is 2. The predicted molar refractivity (Wildman–Crippen MR) is 57.0 cm³/mol. The van der Waals surface area contributed by atoms with Crippen molar-refractivity contribution in [2.45, 2.75) is 0 Å². The van der Waals surface area contributed by atoms with Crippen LogP contribution in [0.4, 0.5) is 0 Å². The number of benzene rings is 1. The SMILES string of the molecule is Cn1c(Cl)nc2cccc(Cl)c2c1=O. The molecule has 0 unspecified atom stereocenters. The molecule has 0 radical (unpaired) electrons. The fourth-order valence-corrected chi connectivity index (χ4v) is 1.66. The van der Waals surface area contributed by atoms with Gasteiger partial charge in [0.15, 0.2) is 0 Å². The number of hydrogen-bond acceptors (Lipinski definition) is 2. The Bertz CT molecular complexity index is 562. The van der Waals surface area contributed by atoms with E-state index >= 15 is 0 Å². The van der Waals surface area contributed by atoms with Crippen molar-refractivity contribution in [2.75, 3.05) is 0 Å². The Morgan fingerprint density at radius 1 is 1.36 bits per heavy atom. The summed E-state index contributed by atoms with van der Waals surface area (Å²) in [4.78, 5) is 15.8. The first kappa shape index (κ1) is 9.49. The minimum absolute atomic E-state index is 0.157. The van der Waals surface area contributed by atoms with Gasteiger partial charge in [0.25, 0.3) is 5.56 Å². The molecule has 1 aromatic heterocycles.